The molecule has 0 fully saturated rings. The van der Waals surface area contributed by atoms with Crippen molar-refractivity contribution in [1.29, 1.82) is 0 Å². The van der Waals surface area contributed by atoms with Crippen molar-refractivity contribution in [3.8, 4) is 0 Å². The first-order chi connectivity index (χ1) is 4.72. The Morgan fingerprint density at radius 1 is 1.10 bits per heavy atom. The van der Waals surface area contributed by atoms with Crippen LogP contribution in [0.1, 0.15) is 0 Å². The van der Waals surface area contributed by atoms with Gasteiger partial charge in [0, 0.05) is 6.07 Å². The summed E-state index contributed by atoms with van der Waals surface area (Å²) in [6, 6.07) is 2.70. The van der Waals surface area contributed by atoms with E-state index < -0.39 is 11.6 Å². The molecule has 0 unspecified atom stereocenters. The first-order valence-electron chi connectivity index (χ1n) is 2.56. The highest BCUT2D eigenvalue weighted by molar-refractivity contribution is 5.44. The first-order valence-corrected chi connectivity index (χ1v) is 2.56. The summed E-state index contributed by atoms with van der Waals surface area (Å²) in [5.41, 5.74) is -0.0162. The molecule has 0 aliphatic heterocycles. The summed E-state index contributed by atoms with van der Waals surface area (Å²) in [7, 11) is 0. The summed E-state index contributed by atoms with van der Waals surface area (Å²) in [6.45, 7) is 6.43. The molecule has 1 aromatic rings. The minimum Gasteiger partial charge on any atom is -0.238 e. The lowest BCUT2D eigenvalue weighted by Gasteiger charge is -1.89. The van der Waals surface area contributed by atoms with E-state index in [-0.39, 0.29) is 5.69 Å². The largest absolute Gasteiger partial charge is 0.238 e. The molecule has 1 rings (SSSR count). The number of rotatable bonds is 0. The Hall–Kier alpha value is -1.43. The van der Waals surface area contributed by atoms with Gasteiger partial charge in [0.15, 0.2) is 5.69 Å². The summed E-state index contributed by atoms with van der Waals surface area (Å²) in [4.78, 5) is 2.86. The number of nitrogens with zero attached hydrogens (tertiary/aromatic N) is 1. The second kappa shape index (κ2) is 2.44. The molecule has 3 heteroatoms. The van der Waals surface area contributed by atoms with Gasteiger partial charge in [-0.25, -0.2) is 13.6 Å². The first kappa shape index (κ1) is 6.69. The van der Waals surface area contributed by atoms with E-state index in [1.807, 2.05) is 0 Å². The monoisotopic (exact) mass is 139 g/mol. The second-order valence-electron chi connectivity index (χ2n) is 1.74. The van der Waals surface area contributed by atoms with E-state index in [2.05, 4.69) is 4.85 Å². The number of hydrogen-bond acceptors (Lipinski definition) is 0. The summed E-state index contributed by atoms with van der Waals surface area (Å²) in [5, 5.41) is 0. The molecule has 50 valence electrons. The highest BCUT2D eigenvalue weighted by Crippen LogP contribution is 2.15. The Labute approximate surface area is 56.7 Å². The molecule has 0 aliphatic carbocycles. The van der Waals surface area contributed by atoms with E-state index in [0.717, 1.165) is 18.2 Å². The molecule has 0 atom stereocenters. The van der Waals surface area contributed by atoms with Crippen LogP contribution in [0.15, 0.2) is 18.2 Å². The quantitative estimate of drug-likeness (QED) is 0.486. The molecule has 0 amide bonds. The highest BCUT2D eigenvalue weighted by atomic mass is 19.1. The van der Waals surface area contributed by atoms with Crippen LogP contribution in [-0.4, -0.2) is 0 Å². The molecule has 0 aromatic heterocycles. The van der Waals surface area contributed by atoms with Crippen LogP contribution in [0.4, 0.5) is 14.5 Å². The van der Waals surface area contributed by atoms with Gasteiger partial charge in [-0.3, -0.25) is 0 Å². The molecular formula is C7H3F2N. The lowest BCUT2D eigenvalue weighted by molar-refractivity contribution is 0.585. The molecular weight excluding hydrogens is 136 g/mol. The predicted molar refractivity (Wildman–Crippen MR) is 32.6 cm³/mol. The van der Waals surface area contributed by atoms with Gasteiger partial charge in [-0.05, 0) is 12.1 Å². The third-order valence-corrected chi connectivity index (χ3v) is 0.976. The highest BCUT2D eigenvalue weighted by Gasteiger charge is 1.97. The molecule has 0 radical (unpaired) electrons. The van der Waals surface area contributed by atoms with Crippen molar-refractivity contribution in [2.75, 3.05) is 0 Å². The van der Waals surface area contributed by atoms with Crippen molar-refractivity contribution >= 4 is 5.69 Å². The fraction of sp³-hybridized carbons (Fsp3) is 0. The van der Waals surface area contributed by atoms with E-state index >= 15 is 0 Å². The Bertz CT molecular complexity index is 268. The van der Waals surface area contributed by atoms with Crippen molar-refractivity contribution in [2.45, 2.75) is 0 Å². The fourth-order valence-electron chi connectivity index (χ4n) is 0.604. The van der Waals surface area contributed by atoms with Gasteiger partial charge < -0.3 is 0 Å². The third kappa shape index (κ3) is 1.29. The van der Waals surface area contributed by atoms with Crippen LogP contribution in [-0.2, 0) is 0 Å². The van der Waals surface area contributed by atoms with E-state index in [4.69, 9.17) is 6.57 Å². The van der Waals surface area contributed by atoms with Gasteiger partial charge in [-0.2, -0.15) is 0 Å². The topological polar surface area (TPSA) is 4.36 Å². The molecule has 0 saturated carbocycles. The van der Waals surface area contributed by atoms with Crippen LogP contribution >= 0.6 is 0 Å². The van der Waals surface area contributed by atoms with Crippen LogP contribution < -0.4 is 0 Å². The van der Waals surface area contributed by atoms with Crippen LogP contribution in [0, 0.1) is 18.2 Å². The van der Waals surface area contributed by atoms with E-state index in [1.54, 1.807) is 0 Å². The molecule has 0 heterocycles. The molecule has 0 spiro atoms. The smallest absolute Gasteiger partial charge is 0.192 e. The Kier molecular flexibility index (Phi) is 1.63. The lowest BCUT2D eigenvalue weighted by atomic mass is 10.3. The van der Waals surface area contributed by atoms with Crippen LogP contribution in [0.2, 0.25) is 0 Å². The summed E-state index contributed by atoms with van der Waals surface area (Å²) >= 11 is 0. The Morgan fingerprint density at radius 3 is 2.00 bits per heavy atom. The average molecular weight is 139 g/mol. The van der Waals surface area contributed by atoms with Crippen LogP contribution in [0.5, 0.6) is 0 Å². The van der Waals surface area contributed by atoms with Gasteiger partial charge in [0.1, 0.15) is 11.6 Å². The van der Waals surface area contributed by atoms with Crippen LogP contribution in [0.25, 0.3) is 4.85 Å². The third-order valence-electron chi connectivity index (χ3n) is 0.976. The summed E-state index contributed by atoms with van der Waals surface area (Å²) in [5.74, 6) is -1.43. The molecule has 1 aromatic carbocycles. The maximum Gasteiger partial charge on any atom is 0.192 e. The zero-order valence-corrected chi connectivity index (χ0v) is 4.94. The molecule has 10 heavy (non-hydrogen) atoms. The maximum atomic E-state index is 12.2. The van der Waals surface area contributed by atoms with Gasteiger partial charge in [-0.15, -0.1) is 0 Å². The molecule has 0 aliphatic rings. The maximum absolute atomic E-state index is 12.2. The number of halogens is 2. The van der Waals surface area contributed by atoms with E-state index in [1.165, 1.54) is 0 Å². The zero-order chi connectivity index (χ0) is 7.56. The van der Waals surface area contributed by atoms with Crippen LogP contribution in [0.3, 0.4) is 0 Å². The number of hydrogen-bond donors (Lipinski definition) is 0. The van der Waals surface area contributed by atoms with Crippen molar-refractivity contribution in [2.24, 2.45) is 0 Å². The SMILES string of the molecule is [C-]#[N+]c1cc(F)cc(F)c1. The molecule has 0 saturated heterocycles. The molecule has 0 N–H and O–H groups in total. The van der Waals surface area contributed by atoms with Gasteiger partial charge in [-0.1, -0.05) is 0 Å². The Morgan fingerprint density at radius 2 is 1.60 bits per heavy atom. The van der Waals surface area contributed by atoms with Gasteiger partial charge in [0.05, 0.1) is 6.57 Å². The number of benzene rings is 1. The second-order valence-corrected chi connectivity index (χ2v) is 1.74. The average Bonchev–Trinajstić information content (AvgIpc) is 1.85. The standard InChI is InChI=1S/C7H3F2N/c1-10-7-3-5(8)2-6(9)4-7/h2-4H. The lowest BCUT2D eigenvalue weighted by Crippen LogP contribution is -1.75. The fourth-order valence-corrected chi connectivity index (χ4v) is 0.604. The van der Waals surface area contributed by atoms with Crippen molar-refractivity contribution in [3.05, 3.63) is 41.3 Å². The normalized spacial score (nSPS) is 8.90. The van der Waals surface area contributed by atoms with Gasteiger partial charge in [0.25, 0.3) is 0 Å². The summed E-state index contributed by atoms with van der Waals surface area (Å²) in [6.07, 6.45) is 0. The van der Waals surface area contributed by atoms with Crippen molar-refractivity contribution < 1.29 is 8.78 Å². The van der Waals surface area contributed by atoms with Crippen molar-refractivity contribution in [3.63, 3.8) is 0 Å². The zero-order valence-electron chi connectivity index (χ0n) is 4.94. The van der Waals surface area contributed by atoms with E-state index in [0.29, 0.717) is 0 Å². The van der Waals surface area contributed by atoms with Crippen molar-refractivity contribution in [1.82, 2.24) is 0 Å². The predicted octanol–water partition coefficient (Wildman–Crippen LogP) is 2.52. The summed E-state index contributed by atoms with van der Waals surface area (Å²) < 4.78 is 24.5. The Balaban J connectivity index is 3.22. The van der Waals surface area contributed by atoms with E-state index in [9.17, 15) is 8.78 Å². The van der Waals surface area contributed by atoms with Gasteiger partial charge >= 0.3 is 0 Å². The minimum absolute atomic E-state index is 0.0162. The minimum atomic E-state index is -0.717. The molecule has 0 bridgehead atoms. The van der Waals surface area contributed by atoms with Gasteiger partial charge in [0.2, 0.25) is 0 Å². The molecule has 1 nitrogen and oxygen atoms in total.